The Balaban J connectivity index is 0.000000742. The van der Waals surface area contributed by atoms with Crippen LogP contribution in [0.3, 0.4) is 0 Å². The Morgan fingerprint density at radius 3 is 2.15 bits per heavy atom. The fraction of sp³-hybridized carbons (Fsp3) is 0.208. The maximum Gasteiger partial charge on any atom is 4.00 e. The van der Waals surface area contributed by atoms with Crippen LogP contribution in [-0.4, -0.2) is 0 Å². The summed E-state index contributed by atoms with van der Waals surface area (Å²) < 4.78 is 0. The molecule has 0 nitrogen and oxygen atoms in total. The van der Waals surface area contributed by atoms with Crippen LogP contribution in [-0.2, 0) is 38.0 Å². The van der Waals surface area contributed by atoms with E-state index in [0.717, 1.165) is 12.0 Å². The van der Waals surface area contributed by atoms with Gasteiger partial charge in [-0.05, 0) is 17.4 Å². The van der Waals surface area contributed by atoms with Gasteiger partial charge in [-0.2, -0.15) is 30.5 Å². The van der Waals surface area contributed by atoms with Crippen molar-refractivity contribution in [1.29, 1.82) is 0 Å². The summed E-state index contributed by atoms with van der Waals surface area (Å²) in [4.78, 5) is 0. The van der Waals surface area contributed by atoms with Crippen LogP contribution >= 0.6 is 0 Å². The maximum absolute atomic E-state index is 5.67. The molecule has 0 amide bonds. The Morgan fingerprint density at radius 2 is 1.63 bits per heavy atom. The van der Waals surface area contributed by atoms with Crippen LogP contribution in [0.1, 0.15) is 43.0 Å². The molecule has 3 heteroatoms. The Hall–Kier alpha value is -1.19. The molecule has 0 unspecified atom stereocenters. The Kier molecular flexibility index (Phi) is 10.5. The summed E-state index contributed by atoms with van der Waals surface area (Å²) >= 11 is 0. The van der Waals surface area contributed by atoms with E-state index in [2.05, 4.69) is 63.1 Å². The van der Waals surface area contributed by atoms with Crippen molar-refractivity contribution >= 4 is 0 Å². The zero-order chi connectivity index (χ0) is 17.2. The van der Waals surface area contributed by atoms with Gasteiger partial charge in [0.05, 0.1) is 0 Å². The van der Waals surface area contributed by atoms with Gasteiger partial charge in [0, 0.05) is 0 Å². The first kappa shape index (κ1) is 25.8. The molecule has 1 aliphatic carbocycles. The van der Waals surface area contributed by atoms with E-state index in [1.807, 2.05) is 30.3 Å². The Labute approximate surface area is 195 Å². The number of hydrogen-bond donors (Lipinski definition) is 0. The summed E-state index contributed by atoms with van der Waals surface area (Å²) in [6.07, 6.45) is 6.61. The minimum Gasteiger partial charge on any atom is -1.00 e. The maximum atomic E-state index is 5.67. The molecule has 0 bridgehead atoms. The number of rotatable bonds is 0. The van der Waals surface area contributed by atoms with E-state index in [4.69, 9.17) is 6.42 Å². The van der Waals surface area contributed by atoms with Crippen molar-refractivity contribution in [1.82, 2.24) is 0 Å². The zero-order valence-electron chi connectivity index (χ0n) is 15.8. The molecule has 136 valence electrons. The Morgan fingerprint density at radius 1 is 1.00 bits per heavy atom. The molecule has 0 N–H and O–H groups in total. The molecule has 3 aromatic carbocycles. The summed E-state index contributed by atoms with van der Waals surface area (Å²) in [5.74, 6) is 2.80. The molecular weight excluding hydrogens is 450 g/mol. The topological polar surface area (TPSA) is 0 Å². The molecule has 0 fully saturated rings. The van der Waals surface area contributed by atoms with Gasteiger partial charge in [0.1, 0.15) is 0 Å². The molecule has 0 aromatic heterocycles. The predicted molar refractivity (Wildman–Crippen MR) is 102 cm³/mol. The van der Waals surface area contributed by atoms with Gasteiger partial charge in [-0.3, -0.25) is 0 Å². The first-order valence-corrected chi connectivity index (χ1v) is 8.32. The summed E-state index contributed by atoms with van der Waals surface area (Å²) in [6.45, 7) is 6.60. The normalized spacial score (nSPS) is 10.4. The average Bonchev–Trinajstić information content (AvgIpc) is 3.23. The quantitative estimate of drug-likeness (QED) is 0.245. The summed E-state index contributed by atoms with van der Waals surface area (Å²) in [6, 6.07) is 24.3. The van der Waals surface area contributed by atoms with Crippen LogP contribution < -0.4 is 24.8 Å². The van der Waals surface area contributed by atoms with Crippen LogP contribution in [0.15, 0.2) is 60.7 Å². The smallest absolute Gasteiger partial charge is 1.00 e. The molecule has 4 rings (SSSR count). The number of benzene rings is 2. The standard InChI is InChI=1S/C19H17.C5H5.2ClH.Zr/c1-5-13-10-15-11-14-8-6-7-9-16(14)17(15)12-18(13)19(2,3)4;1-2-4-5-3-1;;;/h1,6-9,12H,11H2,2-4H3;1-5H;2*1H;/q2*-1;;;+4/p-2. The van der Waals surface area contributed by atoms with Gasteiger partial charge in [-0.15, -0.1) is 28.8 Å². The Bertz CT molecular complexity index is 865. The molecule has 1 aliphatic rings. The molecule has 3 aromatic rings. The van der Waals surface area contributed by atoms with Crippen molar-refractivity contribution in [2.75, 3.05) is 0 Å². The van der Waals surface area contributed by atoms with E-state index in [1.54, 1.807) is 0 Å². The van der Waals surface area contributed by atoms with Gasteiger partial charge >= 0.3 is 26.2 Å². The molecule has 0 saturated heterocycles. The number of fused-ring (bicyclic) bond motifs is 3. The summed E-state index contributed by atoms with van der Waals surface area (Å²) in [5, 5.41) is 0. The number of halogens is 2. The molecule has 0 heterocycles. The predicted octanol–water partition coefficient (Wildman–Crippen LogP) is -0.252. The van der Waals surface area contributed by atoms with E-state index in [1.165, 1.54) is 27.8 Å². The van der Waals surface area contributed by atoms with E-state index in [9.17, 15) is 0 Å². The van der Waals surface area contributed by atoms with E-state index >= 15 is 0 Å². The molecule has 0 aliphatic heterocycles. The SMILES string of the molecule is C#Cc1[c-]c2c(cc1C(C)(C)C)-c1ccccc1C2.[Cl-].[Cl-].[Zr+4].c1cc[cH-]c1. The fourth-order valence-corrected chi connectivity index (χ4v) is 3.12. The monoisotopic (exact) mass is 470 g/mol. The molecular formula is C24H22Cl2Zr. The molecule has 27 heavy (non-hydrogen) atoms. The first-order chi connectivity index (χ1) is 11.5. The van der Waals surface area contributed by atoms with Gasteiger partial charge in [-0.25, -0.2) is 12.1 Å². The van der Waals surface area contributed by atoms with Gasteiger partial charge in [0.15, 0.2) is 0 Å². The van der Waals surface area contributed by atoms with Crippen molar-refractivity contribution in [3.63, 3.8) is 0 Å². The third-order valence-corrected chi connectivity index (χ3v) is 4.34. The van der Waals surface area contributed by atoms with E-state index in [-0.39, 0.29) is 56.4 Å². The van der Waals surface area contributed by atoms with Gasteiger partial charge < -0.3 is 24.8 Å². The largest absolute Gasteiger partial charge is 4.00 e. The summed E-state index contributed by atoms with van der Waals surface area (Å²) in [7, 11) is 0. The van der Waals surface area contributed by atoms with E-state index < -0.39 is 0 Å². The van der Waals surface area contributed by atoms with Gasteiger partial charge in [-0.1, -0.05) is 56.2 Å². The number of terminal acetylenes is 1. The van der Waals surface area contributed by atoms with Crippen LogP contribution in [0.2, 0.25) is 0 Å². The average molecular weight is 473 g/mol. The second-order valence-electron chi connectivity index (χ2n) is 7.14. The van der Waals surface area contributed by atoms with Crippen molar-refractivity contribution in [3.05, 3.63) is 89.0 Å². The van der Waals surface area contributed by atoms with Crippen LogP contribution in [0.25, 0.3) is 11.1 Å². The third-order valence-electron chi connectivity index (χ3n) is 4.34. The van der Waals surface area contributed by atoms with Crippen molar-refractivity contribution < 1.29 is 51.0 Å². The second kappa shape index (κ2) is 11.0. The van der Waals surface area contributed by atoms with E-state index in [0.29, 0.717) is 0 Å². The van der Waals surface area contributed by atoms with Crippen molar-refractivity contribution in [2.24, 2.45) is 0 Å². The summed E-state index contributed by atoms with van der Waals surface area (Å²) in [5.41, 5.74) is 7.43. The van der Waals surface area contributed by atoms with Crippen LogP contribution in [0.4, 0.5) is 0 Å². The molecule has 0 spiro atoms. The van der Waals surface area contributed by atoms with Gasteiger partial charge in [0.25, 0.3) is 0 Å². The first-order valence-electron chi connectivity index (χ1n) is 8.32. The fourth-order valence-electron chi connectivity index (χ4n) is 3.12. The molecule has 0 atom stereocenters. The zero-order valence-corrected chi connectivity index (χ0v) is 19.8. The minimum atomic E-state index is 0. The van der Waals surface area contributed by atoms with Crippen LogP contribution in [0.5, 0.6) is 0 Å². The van der Waals surface area contributed by atoms with Crippen LogP contribution in [0, 0.1) is 18.4 Å². The van der Waals surface area contributed by atoms with Gasteiger partial charge in [0.2, 0.25) is 0 Å². The number of hydrogen-bond acceptors (Lipinski definition) is 0. The van der Waals surface area contributed by atoms with Crippen molar-refractivity contribution in [3.8, 4) is 23.5 Å². The second-order valence-corrected chi connectivity index (χ2v) is 7.14. The van der Waals surface area contributed by atoms with Crippen molar-refractivity contribution in [2.45, 2.75) is 32.6 Å². The molecule has 0 radical (unpaired) electrons. The molecule has 0 saturated carbocycles. The third kappa shape index (κ3) is 5.89. The minimum absolute atomic E-state index is 0.